The normalized spacial score (nSPS) is 10.9. The minimum absolute atomic E-state index is 0.0260. The van der Waals surface area contributed by atoms with Gasteiger partial charge >= 0.3 is 5.97 Å². The molecule has 0 aromatic heterocycles. The lowest BCUT2D eigenvalue weighted by atomic mass is 10.1. The minimum atomic E-state index is -0.0260. The molecule has 0 heterocycles. The van der Waals surface area contributed by atoms with Crippen molar-refractivity contribution in [3.8, 4) is 0 Å². The van der Waals surface area contributed by atoms with Crippen molar-refractivity contribution in [2.45, 2.75) is 65.2 Å². The van der Waals surface area contributed by atoms with Gasteiger partial charge < -0.3 is 4.74 Å². The molecule has 0 unspecified atom stereocenters. The summed E-state index contributed by atoms with van der Waals surface area (Å²) in [5.41, 5.74) is 0. The first-order valence-corrected chi connectivity index (χ1v) is 6.58. The molecule has 2 heteroatoms. The second kappa shape index (κ2) is 12.3. The summed E-state index contributed by atoms with van der Waals surface area (Å²) < 4.78 is 5.08. The van der Waals surface area contributed by atoms with Crippen molar-refractivity contribution in [2.75, 3.05) is 6.61 Å². The minimum Gasteiger partial charge on any atom is -0.466 e. The van der Waals surface area contributed by atoms with Crippen molar-refractivity contribution in [1.29, 1.82) is 0 Å². The third-order valence-electron chi connectivity index (χ3n) is 2.50. The molecule has 0 amide bonds. The molecule has 0 spiro atoms. The van der Waals surface area contributed by atoms with Crippen molar-refractivity contribution in [3.05, 3.63) is 12.2 Å². The molecule has 0 saturated carbocycles. The van der Waals surface area contributed by atoms with E-state index < -0.39 is 0 Å². The van der Waals surface area contributed by atoms with Gasteiger partial charge in [0.15, 0.2) is 0 Å². The largest absolute Gasteiger partial charge is 0.466 e. The lowest BCUT2D eigenvalue weighted by Gasteiger charge is -2.03. The Kier molecular flexibility index (Phi) is 11.7. The van der Waals surface area contributed by atoms with Crippen LogP contribution in [-0.4, -0.2) is 12.6 Å². The van der Waals surface area contributed by atoms with Crippen molar-refractivity contribution >= 4 is 5.97 Å². The highest BCUT2D eigenvalue weighted by atomic mass is 16.5. The van der Waals surface area contributed by atoms with Crippen LogP contribution in [0.4, 0.5) is 0 Å². The first-order chi connectivity index (χ1) is 7.81. The van der Waals surface area contributed by atoms with Gasteiger partial charge in [-0.2, -0.15) is 0 Å². The van der Waals surface area contributed by atoms with Crippen LogP contribution >= 0.6 is 0 Å². The van der Waals surface area contributed by atoms with E-state index in [1.807, 2.05) is 6.92 Å². The molecule has 0 rings (SSSR count). The number of unbranched alkanes of at least 4 members (excludes halogenated alkanes) is 5. The van der Waals surface area contributed by atoms with E-state index in [-0.39, 0.29) is 5.97 Å². The lowest BCUT2D eigenvalue weighted by molar-refractivity contribution is -0.143. The number of ether oxygens (including phenoxy) is 1. The van der Waals surface area contributed by atoms with Gasteiger partial charge in [0.25, 0.3) is 0 Å². The fourth-order valence-corrected chi connectivity index (χ4v) is 1.45. The van der Waals surface area contributed by atoms with Crippen molar-refractivity contribution in [2.24, 2.45) is 0 Å². The van der Waals surface area contributed by atoms with E-state index in [2.05, 4.69) is 19.1 Å². The summed E-state index contributed by atoms with van der Waals surface area (Å²) >= 11 is 0. The molecule has 0 fully saturated rings. The van der Waals surface area contributed by atoms with E-state index in [4.69, 9.17) is 4.74 Å². The number of allylic oxidation sites excluding steroid dienone is 2. The van der Waals surface area contributed by atoms with Crippen molar-refractivity contribution in [1.82, 2.24) is 0 Å². The van der Waals surface area contributed by atoms with E-state index in [0.717, 1.165) is 32.1 Å². The molecular weight excluding hydrogens is 200 g/mol. The third kappa shape index (κ3) is 11.3. The van der Waals surface area contributed by atoms with Gasteiger partial charge in [0.2, 0.25) is 0 Å². The molecule has 0 radical (unpaired) electrons. The number of esters is 1. The predicted octanol–water partition coefficient (Wildman–Crippen LogP) is 4.25. The number of carbonyl (C=O) groups is 1. The van der Waals surface area contributed by atoms with Crippen LogP contribution in [0.3, 0.4) is 0 Å². The van der Waals surface area contributed by atoms with Crippen LogP contribution in [0.5, 0.6) is 0 Å². The van der Waals surface area contributed by atoms with E-state index in [1.165, 1.54) is 12.8 Å². The van der Waals surface area contributed by atoms with Crippen LogP contribution in [0.2, 0.25) is 0 Å². The molecule has 0 bridgehead atoms. The summed E-state index contributed by atoms with van der Waals surface area (Å²) in [5.74, 6) is -0.0260. The van der Waals surface area contributed by atoms with Crippen molar-refractivity contribution < 1.29 is 9.53 Å². The number of rotatable bonds is 10. The highest BCUT2D eigenvalue weighted by molar-refractivity contribution is 5.69. The smallest absolute Gasteiger partial charge is 0.305 e. The summed E-state index contributed by atoms with van der Waals surface area (Å²) in [6.07, 6.45) is 12.7. The average Bonchev–Trinajstić information content (AvgIpc) is 2.28. The van der Waals surface area contributed by atoms with Gasteiger partial charge in [0, 0.05) is 6.42 Å². The van der Waals surface area contributed by atoms with E-state index in [9.17, 15) is 4.79 Å². The zero-order valence-electron chi connectivity index (χ0n) is 10.8. The Balaban J connectivity index is 3.15. The van der Waals surface area contributed by atoms with Crippen molar-refractivity contribution in [3.63, 3.8) is 0 Å². The van der Waals surface area contributed by atoms with Crippen LogP contribution in [0, 0.1) is 0 Å². The van der Waals surface area contributed by atoms with Gasteiger partial charge in [-0.25, -0.2) is 0 Å². The molecule has 0 aromatic carbocycles. The number of carbonyl (C=O) groups excluding carboxylic acids is 1. The number of hydrogen-bond acceptors (Lipinski definition) is 2. The predicted molar refractivity (Wildman–Crippen MR) is 68.4 cm³/mol. The highest BCUT2D eigenvalue weighted by Gasteiger charge is 2.01. The van der Waals surface area contributed by atoms with Crippen LogP contribution in [0.15, 0.2) is 12.2 Å². The summed E-state index contributed by atoms with van der Waals surface area (Å²) in [4.78, 5) is 11.2. The third-order valence-corrected chi connectivity index (χ3v) is 2.50. The molecule has 0 atom stereocenters. The maximum absolute atomic E-state index is 11.2. The standard InChI is InChI=1S/C14H26O2/c1-3-5-7-8-9-10-11-12-14(15)16-13-6-4-2/h3,5H,4,6-13H2,1-2H3. The molecule has 0 saturated heterocycles. The summed E-state index contributed by atoms with van der Waals surface area (Å²) in [7, 11) is 0. The van der Waals surface area contributed by atoms with Gasteiger partial charge in [-0.05, 0) is 32.6 Å². The van der Waals surface area contributed by atoms with Gasteiger partial charge in [0.1, 0.15) is 0 Å². The Hall–Kier alpha value is -0.790. The fraction of sp³-hybridized carbons (Fsp3) is 0.786. The van der Waals surface area contributed by atoms with Gasteiger partial charge in [-0.15, -0.1) is 0 Å². The first-order valence-electron chi connectivity index (χ1n) is 6.58. The summed E-state index contributed by atoms with van der Waals surface area (Å²) in [6.45, 7) is 4.74. The molecule has 2 nitrogen and oxygen atoms in total. The van der Waals surface area contributed by atoms with Crippen LogP contribution in [-0.2, 0) is 9.53 Å². The quantitative estimate of drug-likeness (QED) is 0.316. The van der Waals surface area contributed by atoms with Crippen LogP contribution in [0.25, 0.3) is 0 Å². The maximum Gasteiger partial charge on any atom is 0.305 e. The Labute approximate surface area is 100 Å². The molecular formula is C14H26O2. The first kappa shape index (κ1) is 15.2. The number of hydrogen-bond donors (Lipinski definition) is 0. The molecule has 16 heavy (non-hydrogen) atoms. The second-order valence-electron chi connectivity index (χ2n) is 4.10. The molecule has 0 N–H and O–H groups in total. The molecule has 94 valence electrons. The highest BCUT2D eigenvalue weighted by Crippen LogP contribution is 2.06. The topological polar surface area (TPSA) is 26.3 Å². The Morgan fingerprint density at radius 2 is 1.88 bits per heavy atom. The Bertz CT molecular complexity index is 185. The lowest BCUT2D eigenvalue weighted by Crippen LogP contribution is -2.05. The Morgan fingerprint density at radius 1 is 1.12 bits per heavy atom. The molecule has 0 aliphatic carbocycles. The SMILES string of the molecule is CC=CCCCCCCC(=O)OCCCC. The zero-order chi connectivity index (χ0) is 12.1. The van der Waals surface area contributed by atoms with E-state index in [1.54, 1.807) is 0 Å². The monoisotopic (exact) mass is 226 g/mol. The van der Waals surface area contributed by atoms with Crippen LogP contribution in [0.1, 0.15) is 65.2 Å². The second-order valence-corrected chi connectivity index (χ2v) is 4.10. The fourth-order valence-electron chi connectivity index (χ4n) is 1.45. The average molecular weight is 226 g/mol. The zero-order valence-corrected chi connectivity index (χ0v) is 10.8. The molecule has 0 aliphatic rings. The van der Waals surface area contributed by atoms with E-state index >= 15 is 0 Å². The summed E-state index contributed by atoms with van der Waals surface area (Å²) in [6, 6.07) is 0. The van der Waals surface area contributed by atoms with Crippen LogP contribution < -0.4 is 0 Å². The van der Waals surface area contributed by atoms with Gasteiger partial charge in [0.05, 0.1) is 6.61 Å². The Morgan fingerprint density at radius 3 is 2.56 bits per heavy atom. The van der Waals surface area contributed by atoms with Gasteiger partial charge in [-0.3, -0.25) is 4.79 Å². The molecule has 0 aliphatic heterocycles. The maximum atomic E-state index is 11.2. The van der Waals surface area contributed by atoms with E-state index in [0.29, 0.717) is 13.0 Å². The molecule has 0 aromatic rings. The summed E-state index contributed by atoms with van der Waals surface area (Å²) in [5, 5.41) is 0. The van der Waals surface area contributed by atoms with Gasteiger partial charge in [-0.1, -0.05) is 38.3 Å².